The molecule has 3 rings (SSSR count). The quantitative estimate of drug-likeness (QED) is 0.894. The Hall–Kier alpha value is -1.69. The molecule has 2 N–H and O–H groups in total. The van der Waals surface area contributed by atoms with Gasteiger partial charge in [0.15, 0.2) is 0 Å². The van der Waals surface area contributed by atoms with Crippen LogP contribution < -0.4 is 5.73 Å². The van der Waals surface area contributed by atoms with Crippen molar-refractivity contribution in [2.24, 2.45) is 5.73 Å². The SMILES string of the molecule is NC(=O)c1cccc(CN2CCOC(c3ccc(Br)cc3)C2)c1. The standard InChI is InChI=1S/C18H19BrN2O2/c19-16-6-4-14(5-7-16)17-12-21(8-9-23-17)11-13-2-1-3-15(10-13)18(20)22/h1-7,10,17H,8-9,11-12H2,(H2,20,22). The molecule has 1 saturated heterocycles. The predicted molar refractivity (Wildman–Crippen MR) is 93.1 cm³/mol. The van der Waals surface area contributed by atoms with Crippen LogP contribution in [0.3, 0.4) is 0 Å². The van der Waals surface area contributed by atoms with Crippen LogP contribution in [0.15, 0.2) is 53.0 Å². The highest BCUT2D eigenvalue weighted by atomic mass is 79.9. The topological polar surface area (TPSA) is 55.6 Å². The van der Waals surface area contributed by atoms with Gasteiger partial charge in [0.05, 0.1) is 12.7 Å². The Kier molecular flexibility index (Phi) is 5.10. The van der Waals surface area contributed by atoms with Gasteiger partial charge < -0.3 is 10.5 Å². The average molecular weight is 375 g/mol. The molecule has 2 aromatic rings. The number of halogens is 1. The van der Waals surface area contributed by atoms with Crippen molar-refractivity contribution >= 4 is 21.8 Å². The maximum atomic E-state index is 11.3. The fourth-order valence-electron chi connectivity index (χ4n) is 2.81. The number of amides is 1. The third-order valence-corrected chi connectivity index (χ3v) is 4.54. The molecule has 0 spiro atoms. The summed E-state index contributed by atoms with van der Waals surface area (Å²) in [5.41, 5.74) is 8.18. The number of hydrogen-bond donors (Lipinski definition) is 1. The first kappa shape index (κ1) is 16.2. The van der Waals surface area contributed by atoms with Crippen molar-refractivity contribution in [2.45, 2.75) is 12.6 Å². The van der Waals surface area contributed by atoms with Crippen molar-refractivity contribution < 1.29 is 9.53 Å². The van der Waals surface area contributed by atoms with Gasteiger partial charge in [-0.05, 0) is 35.4 Å². The largest absolute Gasteiger partial charge is 0.371 e. The molecule has 1 heterocycles. The van der Waals surface area contributed by atoms with Crippen molar-refractivity contribution in [2.75, 3.05) is 19.7 Å². The molecule has 5 heteroatoms. The van der Waals surface area contributed by atoms with Crippen LogP contribution >= 0.6 is 15.9 Å². The number of nitrogens with two attached hydrogens (primary N) is 1. The Labute approximate surface area is 144 Å². The first-order valence-electron chi connectivity index (χ1n) is 7.60. The summed E-state index contributed by atoms with van der Waals surface area (Å²) < 4.78 is 6.97. The molecule has 1 unspecified atom stereocenters. The minimum Gasteiger partial charge on any atom is -0.371 e. The summed E-state index contributed by atoms with van der Waals surface area (Å²) in [4.78, 5) is 13.6. The summed E-state index contributed by atoms with van der Waals surface area (Å²) in [6.45, 7) is 3.21. The van der Waals surface area contributed by atoms with Crippen molar-refractivity contribution in [3.8, 4) is 0 Å². The molecule has 1 amide bonds. The Balaban J connectivity index is 1.68. The van der Waals surface area contributed by atoms with Crippen molar-refractivity contribution in [1.29, 1.82) is 0 Å². The van der Waals surface area contributed by atoms with Gasteiger partial charge in [-0.3, -0.25) is 9.69 Å². The zero-order chi connectivity index (χ0) is 16.2. The summed E-state index contributed by atoms with van der Waals surface area (Å²) in [5, 5.41) is 0. The van der Waals surface area contributed by atoms with Gasteiger partial charge in [0.2, 0.25) is 5.91 Å². The molecule has 1 atom stereocenters. The van der Waals surface area contributed by atoms with Crippen LogP contribution in [0, 0.1) is 0 Å². The molecule has 0 aliphatic carbocycles. The van der Waals surface area contributed by atoms with E-state index in [-0.39, 0.29) is 12.0 Å². The minimum absolute atomic E-state index is 0.0798. The molecule has 0 radical (unpaired) electrons. The minimum atomic E-state index is -0.387. The van der Waals surface area contributed by atoms with Crippen LogP contribution in [0.5, 0.6) is 0 Å². The number of benzene rings is 2. The van der Waals surface area contributed by atoms with E-state index in [4.69, 9.17) is 10.5 Å². The van der Waals surface area contributed by atoms with E-state index in [1.807, 2.05) is 30.3 Å². The second-order valence-corrected chi connectivity index (χ2v) is 6.63. The first-order valence-corrected chi connectivity index (χ1v) is 8.39. The fourth-order valence-corrected chi connectivity index (χ4v) is 3.07. The lowest BCUT2D eigenvalue weighted by molar-refractivity contribution is -0.0329. The molecule has 0 bridgehead atoms. The number of rotatable bonds is 4. The molecule has 1 aliphatic rings. The maximum Gasteiger partial charge on any atom is 0.248 e. The van der Waals surface area contributed by atoms with E-state index in [0.29, 0.717) is 12.2 Å². The van der Waals surface area contributed by atoms with Crippen LogP contribution in [-0.2, 0) is 11.3 Å². The number of carbonyl (C=O) groups is 1. The number of primary amides is 1. The third-order valence-electron chi connectivity index (χ3n) is 4.01. The third kappa shape index (κ3) is 4.19. The Morgan fingerprint density at radius 2 is 2.04 bits per heavy atom. The van der Waals surface area contributed by atoms with Gasteiger partial charge in [-0.1, -0.05) is 40.2 Å². The number of ether oxygens (including phenoxy) is 1. The number of morpholine rings is 1. The van der Waals surface area contributed by atoms with Crippen LogP contribution in [0.2, 0.25) is 0 Å². The zero-order valence-electron chi connectivity index (χ0n) is 12.7. The molecule has 0 saturated carbocycles. The second-order valence-electron chi connectivity index (χ2n) is 5.71. The Bertz CT molecular complexity index is 688. The lowest BCUT2D eigenvalue weighted by Crippen LogP contribution is -2.37. The molecule has 1 fully saturated rings. The highest BCUT2D eigenvalue weighted by Crippen LogP contribution is 2.24. The van der Waals surface area contributed by atoms with Gasteiger partial charge in [-0.25, -0.2) is 0 Å². The molecular formula is C18H19BrN2O2. The van der Waals surface area contributed by atoms with Crippen molar-refractivity contribution in [3.63, 3.8) is 0 Å². The molecule has 4 nitrogen and oxygen atoms in total. The normalized spacial score (nSPS) is 18.7. The highest BCUT2D eigenvalue weighted by molar-refractivity contribution is 9.10. The van der Waals surface area contributed by atoms with Crippen molar-refractivity contribution in [3.05, 3.63) is 69.7 Å². The van der Waals surface area contributed by atoms with E-state index < -0.39 is 0 Å². The van der Waals surface area contributed by atoms with Crippen LogP contribution in [-0.4, -0.2) is 30.5 Å². The maximum absolute atomic E-state index is 11.3. The van der Waals surface area contributed by atoms with Gasteiger partial charge in [0.1, 0.15) is 0 Å². The fraction of sp³-hybridized carbons (Fsp3) is 0.278. The molecule has 2 aromatic carbocycles. The van der Waals surface area contributed by atoms with Gasteiger partial charge in [0, 0.05) is 29.7 Å². The summed E-state index contributed by atoms with van der Waals surface area (Å²) >= 11 is 3.46. The Morgan fingerprint density at radius 1 is 1.26 bits per heavy atom. The van der Waals surface area contributed by atoms with Crippen LogP contribution in [0.25, 0.3) is 0 Å². The van der Waals surface area contributed by atoms with E-state index in [0.717, 1.165) is 29.7 Å². The molecule has 23 heavy (non-hydrogen) atoms. The van der Waals surface area contributed by atoms with E-state index in [2.05, 4.69) is 33.0 Å². The first-order chi connectivity index (χ1) is 11.1. The van der Waals surface area contributed by atoms with E-state index in [1.165, 1.54) is 5.56 Å². The number of carbonyl (C=O) groups excluding carboxylic acids is 1. The average Bonchev–Trinajstić information content (AvgIpc) is 2.56. The second kappa shape index (κ2) is 7.25. The van der Waals surface area contributed by atoms with E-state index in [9.17, 15) is 4.79 Å². The monoisotopic (exact) mass is 374 g/mol. The van der Waals surface area contributed by atoms with E-state index >= 15 is 0 Å². The summed E-state index contributed by atoms with van der Waals surface area (Å²) in [7, 11) is 0. The lowest BCUT2D eigenvalue weighted by Gasteiger charge is -2.33. The molecular weight excluding hydrogens is 356 g/mol. The summed E-state index contributed by atoms with van der Waals surface area (Å²) in [6, 6.07) is 15.8. The zero-order valence-corrected chi connectivity index (χ0v) is 14.3. The van der Waals surface area contributed by atoms with Crippen LogP contribution in [0.1, 0.15) is 27.6 Å². The van der Waals surface area contributed by atoms with Gasteiger partial charge in [0.25, 0.3) is 0 Å². The van der Waals surface area contributed by atoms with Crippen LogP contribution in [0.4, 0.5) is 0 Å². The summed E-state index contributed by atoms with van der Waals surface area (Å²) in [6.07, 6.45) is 0.0798. The van der Waals surface area contributed by atoms with E-state index in [1.54, 1.807) is 6.07 Å². The smallest absolute Gasteiger partial charge is 0.248 e. The van der Waals surface area contributed by atoms with Gasteiger partial charge >= 0.3 is 0 Å². The number of hydrogen-bond acceptors (Lipinski definition) is 3. The summed E-state index contributed by atoms with van der Waals surface area (Å²) in [5.74, 6) is -0.387. The molecule has 0 aromatic heterocycles. The van der Waals surface area contributed by atoms with Gasteiger partial charge in [-0.15, -0.1) is 0 Å². The van der Waals surface area contributed by atoms with Gasteiger partial charge in [-0.2, -0.15) is 0 Å². The lowest BCUT2D eigenvalue weighted by atomic mass is 10.1. The number of nitrogens with zero attached hydrogens (tertiary/aromatic N) is 1. The highest BCUT2D eigenvalue weighted by Gasteiger charge is 2.22. The molecule has 120 valence electrons. The Morgan fingerprint density at radius 3 is 2.78 bits per heavy atom. The molecule has 1 aliphatic heterocycles. The predicted octanol–water partition coefficient (Wildman–Crippen LogP) is 3.12. The van der Waals surface area contributed by atoms with Crippen molar-refractivity contribution in [1.82, 2.24) is 4.90 Å².